The number of methoxy groups -OCH3 is 1. The first-order valence-corrected chi connectivity index (χ1v) is 12.4. The highest BCUT2D eigenvalue weighted by Crippen LogP contribution is 2.36. The number of nitrogens with zero attached hydrogens (tertiary/aromatic N) is 2. The third-order valence-corrected chi connectivity index (χ3v) is 7.10. The number of ether oxygens (including phenoxy) is 3. The van der Waals surface area contributed by atoms with E-state index in [1.165, 1.54) is 19.2 Å². The third-order valence-electron chi connectivity index (χ3n) is 5.09. The molecule has 0 spiro atoms. The maximum absolute atomic E-state index is 12.4. The predicted octanol–water partition coefficient (Wildman–Crippen LogP) is 6.04. The number of nitro benzene ring substituents is 1. The molecule has 0 radical (unpaired) electrons. The Bertz CT molecular complexity index is 1400. The number of aliphatic imine (C=N–C) groups is 1. The molecule has 10 heteroatoms. The summed E-state index contributed by atoms with van der Waals surface area (Å²) in [5, 5.41) is 11.0. The van der Waals surface area contributed by atoms with Crippen molar-refractivity contribution in [2.45, 2.75) is 13.5 Å². The van der Waals surface area contributed by atoms with Crippen molar-refractivity contribution in [3.05, 3.63) is 99.8 Å². The van der Waals surface area contributed by atoms with Crippen LogP contribution in [0.4, 0.5) is 5.69 Å². The van der Waals surface area contributed by atoms with Gasteiger partial charge in [0.15, 0.2) is 17.2 Å². The van der Waals surface area contributed by atoms with Gasteiger partial charge in [0, 0.05) is 21.3 Å². The maximum atomic E-state index is 12.4. The number of hydrogen-bond acceptors (Lipinski definition) is 7. The van der Waals surface area contributed by atoms with E-state index in [1.807, 2.05) is 31.2 Å². The van der Waals surface area contributed by atoms with Crippen molar-refractivity contribution in [3.8, 4) is 11.5 Å². The van der Waals surface area contributed by atoms with Crippen LogP contribution in [0.3, 0.4) is 0 Å². The molecule has 35 heavy (non-hydrogen) atoms. The molecule has 0 fully saturated rings. The molecule has 0 N–H and O–H groups in total. The number of esters is 1. The molecule has 8 nitrogen and oxygen atoms in total. The second-order valence-electron chi connectivity index (χ2n) is 7.55. The third kappa shape index (κ3) is 5.81. The summed E-state index contributed by atoms with van der Waals surface area (Å²) < 4.78 is 18.7. The molecule has 0 saturated heterocycles. The Labute approximate surface area is 228 Å². The number of non-ortho nitro benzene ring substituents is 1. The molecule has 0 aromatic heterocycles. The monoisotopic (exact) mass is 696 g/mol. The minimum absolute atomic E-state index is 0.00138. The second kappa shape index (κ2) is 10.7. The van der Waals surface area contributed by atoms with Gasteiger partial charge in [0.25, 0.3) is 5.69 Å². The molecule has 0 bridgehead atoms. The Morgan fingerprint density at radius 1 is 1.11 bits per heavy atom. The molecular weight excluding hydrogens is 678 g/mol. The number of benzene rings is 3. The fourth-order valence-electron chi connectivity index (χ4n) is 3.35. The Balaban J connectivity index is 1.58. The summed E-state index contributed by atoms with van der Waals surface area (Å²) in [7, 11) is 1.52. The Hall–Kier alpha value is -3.00. The molecular formula is C25H18I2N2O6. The topological polar surface area (TPSA) is 100 Å². The van der Waals surface area contributed by atoms with Crippen molar-refractivity contribution >= 4 is 68.8 Å². The molecule has 0 unspecified atom stereocenters. The lowest BCUT2D eigenvalue weighted by atomic mass is 10.1. The predicted molar refractivity (Wildman–Crippen MR) is 148 cm³/mol. The average Bonchev–Trinajstić information content (AvgIpc) is 3.20. The number of aryl methyl sites for hydroxylation is 1. The number of carbonyl (C=O) groups is 1. The largest absolute Gasteiger partial charge is 0.493 e. The lowest BCUT2D eigenvalue weighted by molar-refractivity contribution is -0.384. The lowest BCUT2D eigenvalue weighted by Crippen LogP contribution is -2.05. The molecule has 1 aliphatic heterocycles. The first-order chi connectivity index (χ1) is 16.7. The molecule has 3 aromatic rings. The standard InChI is InChI=1S/C25H18I2N2O6/c1-14-8-17(6-7-19(14)26)24-28-21(25(30)35-24)11-16-10-20(27)23(22(12-16)33-2)34-13-15-4-3-5-18(9-15)29(31)32/h3-12H,13H2,1-2H3/b21-11-. The summed E-state index contributed by atoms with van der Waals surface area (Å²) in [6.45, 7) is 2.11. The molecule has 4 rings (SSSR count). The normalized spacial score (nSPS) is 14.0. The van der Waals surface area contributed by atoms with Gasteiger partial charge in [0.05, 0.1) is 15.6 Å². The number of carbonyl (C=O) groups excluding carboxylic acids is 1. The molecule has 0 saturated carbocycles. The van der Waals surface area contributed by atoms with Crippen LogP contribution in [0, 0.1) is 24.2 Å². The van der Waals surface area contributed by atoms with Gasteiger partial charge in [0.1, 0.15) is 6.61 Å². The first-order valence-electron chi connectivity index (χ1n) is 10.3. The molecule has 0 amide bonds. The van der Waals surface area contributed by atoms with Gasteiger partial charge in [-0.2, -0.15) is 0 Å². The van der Waals surface area contributed by atoms with Crippen molar-refractivity contribution < 1.29 is 23.9 Å². The van der Waals surface area contributed by atoms with E-state index in [9.17, 15) is 14.9 Å². The van der Waals surface area contributed by atoms with Gasteiger partial charge in [-0.15, -0.1) is 0 Å². The zero-order valence-electron chi connectivity index (χ0n) is 18.6. The van der Waals surface area contributed by atoms with E-state index >= 15 is 0 Å². The summed E-state index contributed by atoms with van der Waals surface area (Å²) in [4.78, 5) is 27.4. The molecule has 3 aromatic carbocycles. The summed E-state index contributed by atoms with van der Waals surface area (Å²) in [5.74, 6) is 0.683. The van der Waals surface area contributed by atoms with Gasteiger partial charge in [-0.1, -0.05) is 12.1 Å². The van der Waals surface area contributed by atoms with Crippen LogP contribution >= 0.6 is 45.2 Å². The quantitative estimate of drug-likeness (QED) is 0.0982. The summed E-state index contributed by atoms with van der Waals surface area (Å²) in [5.41, 5.74) is 3.32. The van der Waals surface area contributed by atoms with Crippen LogP contribution in [0.2, 0.25) is 0 Å². The zero-order chi connectivity index (χ0) is 25.1. The van der Waals surface area contributed by atoms with Crippen molar-refractivity contribution in [2.24, 2.45) is 4.99 Å². The molecule has 178 valence electrons. The van der Waals surface area contributed by atoms with Gasteiger partial charge in [-0.05, 0) is 105 Å². The fraction of sp³-hybridized carbons (Fsp3) is 0.120. The number of halogens is 2. The molecule has 1 aliphatic rings. The van der Waals surface area contributed by atoms with E-state index in [4.69, 9.17) is 14.2 Å². The molecule has 0 aliphatic carbocycles. The summed E-state index contributed by atoms with van der Waals surface area (Å²) >= 11 is 4.36. The van der Waals surface area contributed by atoms with Crippen molar-refractivity contribution in [1.29, 1.82) is 0 Å². The van der Waals surface area contributed by atoms with E-state index in [-0.39, 0.29) is 23.9 Å². The van der Waals surface area contributed by atoms with Crippen LogP contribution in [0.5, 0.6) is 11.5 Å². The van der Waals surface area contributed by atoms with Gasteiger partial charge in [0.2, 0.25) is 5.90 Å². The van der Waals surface area contributed by atoms with E-state index in [1.54, 1.807) is 24.3 Å². The smallest absolute Gasteiger partial charge is 0.363 e. The van der Waals surface area contributed by atoms with E-state index in [0.29, 0.717) is 22.6 Å². The second-order valence-corrected chi connectivity index (χ2v) is 9.87. The van der Waals surface area contributed by atoms with Crippen LogP contribution in [-0.4, -0.2) is 23.9 Å². The number of nitro groups is 1. The van der Waals surface area contributed by atoms with Crippen LogP contribution in [0.25, 0.3) is 6.08 Å². The average molecular weight is 696 g/mol. The highest BCUT2D eigenvalue weighted by atomic mass is 127. The SMILES string of the molecule is COc1cc(/C=C2\N=C(c3ccc(I)c(C)c3)OC2=O)cc(I)c1OCc1cccc([N+](=O)[O-])c1. The Morgan fingerprint density at radius 2 is 1.91 bits per heavy atom. The lowest BCUT2D eigenvalue weighted by Gasteiger charge is -2.13. The van der Waals surface area contributed by atoms with Crippen molar-refractivity contribution in [3.63, 3.8) is 0 Å². The van der Waals surface area contributed by atoms with E-state index < -0.39 is 10.9 Å². The van der Waals surface area contributed by atoms with Gasteiger partial charge < -0.3 is 14.2 Å². The van der Waals surface area contributed by atoms with Crippen LogP contribution in [0.1, 0.15) is 22.3 Å². The van der Waals surface area contributed by atoms with Crippen molar-refractivity contribution in [2.75, 3.05) is 7.11 Å². The highest BCUT2D eigenvalue weighted by Gasteiger charge is 2.25. The van der Waals surface area contributed by atoms with Gasteiger partial charge >= 0.3 is 5.97 Å². The zero-order valence-corrected chi connectivity index (χ0v) is 22.9. The minimum atomic E-state index is -0.531. The molecule has 1 heterocycles. The van der Waals surface area contributed by atoms with Crippen molar-refractivity contribution in [1.82, 2.24) is 0 Å². The van der Waals surface area contributed by atoms with Crippen LogP contribution in [0.15, 0.2) is 65.3 Å². The summed E-state index contributed by atoms with van der Waals surface area (Å²) in [6.07, 6.45) is 1.63. The molecule has 0 atom stereocenters. The first kappa shape index (κ1) is 25.1. The maximum Gasteiger partial charge on any atom is 0.363 e. The van der Waals surface area contributed by atoms with Gasteiger partial charge in [-0.25, -0.2) is 9.79 Å². The number of rotatable bonds is 7. The Kier molecular flexibility index (Phi) is 7.69. The number of hydrogen-bond donors (Lipinski definition) is 0. The minimum Gasteiger partial charge on any atom is -0.493 e. The Morgan fingerprint density at radius 3 is 2.63 bits per heavy atom. The number of cyclic esters (lactones) is 1. The van der Waals surface area contributed by atoms with Gasteiger partial charge in [-0.3, -0.25) is 10.1 Å². The summed E-state index contributed by atoms with van der Waals surface area (Å²) in [6, 6.07) is 15.6. The van der Waals surface area contributed by atoms with Crippen LogP contribution in [-0.2, 0) is 16.1 Å². The fourth-order valence-corrected chi connectivity index (χ4v) is 4.46. The van der Waals surface area contributed by atoms with Crippen LogP contribution < -0.4 is 9.47 Å². The highest BCUT2D eigenvalue weighted by molar-refractivity contribution is 14.1. The van der Waals surface area contributed by atoms with E-state index in [0.717, 1.165) is 18.3 Å². The van der Waals surface area contributed by atoms with E-state index in [2.05, 4.69) is 50.2 Å².